The van der Waals surface area contributed by atoms with Gasteiger partial charge in [0.15, 0.2) is 0 Å². The zero-order valence-corrected chi connectivity index (χ0v) is 18.8. The number of halogens is 2. The lowest BCUT2D eigenvalue weighted by Gasteiger charge is -2.20. The van der Waals surface area contributed by atoms with E-state index in [1.807, 2.05) is 48.5 Å². The topological polar surface area (TPSA) is 95.9 Å². The number of nitrogens with one attached hydrogen (secondary N) is 1. The molecule has 2 fully saturated rings. The molecular formula is C24H22F2N2O5S. The Bertz CT molecular complexity index is 1110. The molecule has 2 aromatic rings. The average Bonchev–Trinajstić information content (AvgIpc) is 3.17. The fourth-order valence-corrected chi connectivity index (χ4v) is 6.02. The summed E-state index contributed by atoms with van der Waals surface area (Å²) in [5, 5.41) is 11.6. The van der Waals surface area contributed by atoms with Crippen molar-refractivity contribution in [1.29, 1.82) is 0 Å². The van der Waals surface area contributed by atoms with Crippen molar-refractivity contribution in [2.45, 2.75) is 17.9 Å². The smallest absolute Gasteiger partial charge is 0.407 e. The molecule has 10 heteroatoms. The number of amides is 2. The fraction of sp³-hybridized carbons (Fsp3) is 0.375. The molecule has 5 rings (SSSR count). The number of rotatable bonds is 6. The number of nitrogens with zero attached hydrogens (tertiary/aromatic N) is 1. The Kier molecular flexibility index (Phi) is 5.71. The van der Waals surface area contributed by atoms with Gasteiger partial charge in [-0.2, -0.15) is 0 Å². The van der Waals surface area contributed by atoms with Crippen LogP contribution in [-0.4, -0.2) is 64.7 Å². The van der Waals surface area contributed by atoms with Gasteiger partial charge >= 0.3 is 12.1 Å². The molecule has 1 saturated heterocycles. The number of ether oxygens (including phenoxy) is 1. The van der Waals surface area contributed by atoms with Gasteiger partial charge in [0.1, 0.15) is 18.6 Å². The Balaban J connectivity index is 1.17. The summed E-state index contributed by atoms with van der Waals surface area (Å²) in [4.78, 5) is 37.1. The number of alkyl carbamates (subject to hydrolysis) is 1. The quantitative estimate of drug-likeness (QED) is 0.647. The summed E-state index contributed by atoms with van der Waals surface area (Å²) in [6.07, 6.45) is -0.837. The minimum atomic E-state index is -3.30. The van der Waals surface area contributed by atoms with Crippen LogP contribution >= 0.6 is 11.8 Å². The van der Waals surface area contributed by atoms with Crippen LogP contribution in [0.3, 0.4) is 0 Å². The van der Waals surface area contributed by atoms with Crippen molar-refractivity contribution in [2.24, 2.45) is 11.8 Å². The molecule has 0 radical (unpaired) electrons. The molecule has 3 unspecified atom stereocenters. The molecule has 2 N–H and O–H groups in total. The molecule has 1 saturated carbocycles. The van der Waals surface area contributed by atoms with Crippen LogP contribution < -0.4 is 5.32 Å². The number of benzene rings is 2. The highest BCUT2D eigenvalue weighted by Gasteiger charge is 2.72. The minimum Gasteiger partial charge on any atom is -0.480 e. The van der Waals surface area contributed by atoms with Crippen LogP contribution in [0.5, 0.6) is 0 Å². The maximum absolute atomic E-state index is 14.3. The highest BCUT2D eigenvalue weighted by Crippen LogP contribution is 2.56. The van der Waals surface area contributed by atoms with Gasteiger partial charge in [0, 0.05) is 18.2 Å². The highest BCUT2D eigenvalue weighted by atomic mass is 32.2. The van der Waals surface area contributed by atoms with Gasteiger partial charge in [-0.1, -0.05) is 48.5 Å². The lowest BCUT2D eigenvalue weighted by atomic mass is 9.98. The summed E-state index contributed by atoms with van der Waals surface area (Å²) in [5.41, 5.74) is 4.22. The third kappa shape index (κ3) is 3.79. The maximum atomic E-state index is 14.3. The Hall–Kier alpha value is -3.14. The van der Waals surface area contributed by atoms with Gasteiger partial charge in [0.05, 0.1) is 11.8 Å². The van der Waals surface area contributed by atoms with Crippen molar-refractivity contribution in [3.63, 3.8) is 0 Å². The number of carbonyl (C=O) groups excluding carboxylic acids is 2. The van der Waals surface area contributed by atoms with Crippen LogP contribution in [0.25, 0.3) is 11.1 Å². The SMILES string of the molecule is O=C(NCC1C(C(=O)N2CSCC2C(=O)O)C1(F)F)OCC1c2ccccc2-c2ccccc21. The Morgan fingerprint density at radius 3 is 2.32 bits per heavy atom. The highest BCUT2D eigenvalue weighted by molar-refractivity contribution is 7.99. The molecule has 0 spiro atoms. The first kappa shape index (κ1) is 22.6. The zero-order chi connectivity index (χ0) is 24.0. The van der Waals surface area contributed by atoms with E-state index < -0.39 is 48.3 Å². The van der Waals surface area contributed by atoms with Crippen LogP contribution in [0.1, 0.15) is 17.0 Å². The number of carboxylic acid groups (broad SMARTS) is 1. The lowest BCUT2D eigenvalue weighted by Crippen LogP contribution is -2.43. The van der Waals surface area contributed by atoms with Crippen LogP contribution in [0.15, 0.2) is 48.5 Å². The van der Waals surface area contributed by atoms with E-state index in [4.69, 9.17) is 4.74 Å². The van der Waals surface area contributed by atoms with E-state index in [0.29, 0.717) is 0 Å². The molecule has 178 valence electrons. The van der Waals surface area contributed by atoms with E-state index >= 15 is 0 Å². The summed E-state index contributed by atoms with van der Waals surface area (Å²) in [5.74, 6) is -8.35. The number of hydrogen-bond donors (Lipinski definition) is 2. The molecule has 0 bridgehead atoms. The van der Waals surface area contributed by atoms with Crippen molar-refractivity contribution in [1.82, 2.24) is 10.2 Å². The van der Waals surface area contributed by atoms with E-state index in [2.05, 4.69) is 5.32 Å². The molecule has 7 nitrogen and oxygen atoms in total. The monoisotopic (exact) mass is 488 g/mol. The zero-order valence-electron chi connectivity index (χ0n) is 17.9. The molecule has 0 aromatic heterocycles. The van der Waals surface area contributed by atoms with Crippen LogP contribution in [0, 0.1) is 11.8 Å². The molecule has 2 aromatic carbocycles. The van der Waals surface area contributed by atoms with E-state index in [-0.39, 0.29) is 24.2 Å². The third-order valence-corrected chi connectivity index (χ3v) is 7.74. The van der Waals surface area contributed by atoms with Crippen molar-refractivity contribution in [2.75, 3.05) is 24.8 Å². The average molecular weight is 489 g/mol. The number of thioether (sulfide) groups is 1. The summed E-state index contributed by atoms with van der Waals surface area (Å²) in [7, 11) is 0. The second-order valence-electron chi connectivity index (χ2n) is 8.63. The first-order chi connectivity index (χ1) is 16.3. The fourth-order valence-electron chi connectivity index (χ4n) is 4.87. The third-order valence-electron chi connectivity index (χ3n) is 6.73. The Morgan fingerprint density at radius 1 is 1.09 bits per heavy atom. The van der Waals surface area contributed by atoms with Gasteiger partial charge in [0.25, 0.3) is 5.92 Å². The second-order valence-corrected chi connectivity index (χ2v) is 9.63. The number of carboxylic acids is 1. The molecule has 1 heterocycles. The number of alkyl halides is 2. The largest absolute Gasteiger partial charge is 0.480 e. The summed E-state index contributed by atoms with van der Waals surface area (Å²) in [6, 6.07) is 14.6. The molecule has 1 aliphatic heterocycles. The summed E-state index contributed by atoms with van der Waals surface area (Å²) in [6.45, 7) is -0.382. The minimum absolute atomic E-state index is 0.0502. The van der Waals surface area contributed by atoms with Crippen molar-refractivity contribution >= 4 is 29.7 Å². The van der Waals surface area contributed by atoms with E-state index in [9.17, 15) is 28.3 Å². The van der Waals surface area contributed by atoms with Gasteiger partial charge in [-0.05, 0) is 22.3 Å². The summed E-state index contributed by atoms with van der Waals surface area (Å²) < 4.78 is 34.0. The molecule has 2 aliphatic carbocycles. The molecule has 2 amide bonds. The normalized spacial score (nSPS) is 24.3. The van der Waals surface area contributed by atoms with Gasteiger partial charge < -0.3 is 20.1 Å². The van der Waals surface area contributed by atoms with Crippen molar-refractivity contribution in [3.8, 4) is 11.1 Å². The number of aliphatic carboxylic acids is 1. The van der Waals surface area contributed by atoms with Crippen molar-refractivity contribution in [3.05, 3.63) is 59.7 Å². The predicted octanol–water partition coefficient (Wildman–Crippen LogP) is 3.39. The van der Waals surface area contributed by atoms with Gasteiger partial charge in [-0.25, -0.2) is 18.4 Å². The van der Waals surface area contributed by atoms with Gasteiger partial charge in [0.2, 0.25) is 5.91 Å². The first-order valence-corrected chi connectivity index (χ1v) is 12.0. The van der Waals surface area contributed by atoms with E-state index in [0.717, 1.165) is 27.2 Å². The lowest BCUT2D eigenvalue weighted by molar-refractivity contribution is -0.149. The summed E-state index contributed by atoms with van der Waals surface area (Å²) >= 11 is 1.21. The Labute approximate surface area is 198 Å². The number of hydrogen-bond acceptors (Lipinski definition) is 5. The molecular weight excluding hydrogens is 466 g/mol. The van der Waals surface area contributed by atoms with Crippen LogP contribution in [0.4, 0.5) is 13.6 Å². The second kappa shape index (κ2) is 8.57. The van der Waals surface area contributed by atoms with Crippen LogP contribution in [-0.2, 0) is 14.3 Å². The number of fused-ring (bicyclic) bond motifs is 3. The molecule has 34 heavy (non-hydrogen) atoms. The van der Waals surface area contributed by atoms with E-state index in [1.54, 1.807) is 0 Å². The van der Waals surface area contributed by atoms with Gasteiger partial charge in [-0.3, -0.25) is 4.79 Å². The molecule has 3 atom stereocenters. The predicted molar refractivity (Wildman–Crippen MR) is 121 cm³/mol. The van der Waals surface area contributed by atoms with E-state index in [1.165, 1.54) is 11.8 Å². The standard InChI is InChI=1S/C24H22F2N2O5S/c25-24(26)18(20(24)21(29)28-12-34-11-19(28)22(30)31)9-27-23(32)33-10-17-15-7-3-1-5-13(15)14-6-2-4-8-16(14)17/h1-8,17-20H,9-12H2,(H,27,32)(H,30,31). The van der Waals surface area contributed by atoms with Gasteiger partial charge in [-0.15, -0.1) is 11.8 Å². The maximum Gasteiger partial charge on any atom is 0.407 e. The molecule has 3 aliphatic rings. The Morgan fingerprint density at radius 2 is 1.71 bits per heavy atom. The van der Waals surface area contributed by atoms with Crippen molar-refractivity contribution < 1.29 is 33.0 Å². The number of carbonyl (C=O) groups is 3. The van der Waals surface area contributed by atoms with Crippen LogP contribution in [0.2, 0.25) is 0 Å². The first-order valence-electron chi connectivity index (χ1n) is 10.9.